The van der Waals surface area contributed by atoms with E-state index in [1.54, 1.807) is 0 Å². The van der Waals surface area contributed by atoms with Gasteiger partial charge in [-0.3, -0.25) is 0 Å². The predicted molar refractivity (Wildman–Crippen MR) is 78.7 cm³/mol. The minimum atomic E-state index is -0.525. The lowest BCUT2D eigenvalue weighted by Crippen LogP contribution is -2.48. The standard InChI is InChI=1S/C18H24O2/c19-18(11-14-5-1-2-6-15(14)12-18)16-7-10-20-17(13-16)8-3-4-9-17/h1-2,5-6,16,19H,3-4,7-13H2. The highest BCUT2D eigenvalue weighted by Crippen LogP contribution is 2.48. The molecule has 1 atom stereocenters. The van der Waals surface area contributed by atoms with Gasteiger partial charge in [0.05, 0.1) is 11.2 Å². The molecule has 4 rings (SSSR count). The third kappa shape index (κ3) is 2.01. The minimum absolute atomic E-state index is 0.105. The average molecular weight is 272 g/mol. The van der Waals surface area contributed by atoms with E-state index in [1.807, 2.05) is 0 Å². The molecule has 108 valence electrons. The maximum absolute atomic E-state index is 11.2. The molecule has 2 fully saturated rings. The van der Waals surface area contributed by atoms with Crippen LogP contribution >= 0.6 is 0 Å². The third-order valence-electron chi connectivity index (χ3n) is 5.88. The Bertz CT molecular complexity index is 477. The van der Waals surface area contributed by atoms with Crippen molar-refractivity contribution in [3.05, 3.63) is 35.4 Å². The fraction of sp³-hybridized carbons (Fsp3) is 0.667. The van der Waals surface area contributed by atoms with Crippen LogP contribution in [-0.2, 0) is 17.6 Å². The van der Waals surface area contributed by atoms with Crippen molar-refractivity contribution in [2.45, 2.75) is 62.6 Å². The van der Waals surface area contributed by atoms with Gasteiger partial charge < -0.3 is 9.84 Å². The van der Waals surface area contributed by atoms with Gasteiger partial charge in [0.25, 0.3) is 0 Å². The molecule has 2 nitrogen and oxygen atoms in total. The quantitative estimate of drug-likeness (QED) is 0.850. The summed E-state index contributed by atoms with van der Waals surface area (Å²) in [5.41, 5.74) is 2.28. The van der Waals surface area contributed by atoms with E-state index in [-0.39, 0.29) is 5.60 Å². The SMILES string of the molecule is OC1(C2CCOC3(CCCC3)C2)Cc2ccccc2C1. The number of hydrogen-bond acceptors (Lipinski definition) is 2. The van der Waals surface area contributed by atoms with Gasteiger partial charge in [-0.1, -0.05) is 37.1 Å². The molecule has 1 aromatic carbocycles. The van der Waals surface area contributed by atoms with Crippen LogP contribution in [0.3, 0.4) is 0 Å². The molecule has 0 aromatic heterocycles. The van der Waals surface area contributed by atoms with Gasteiger partial charge in [-0.05, 0) is 42.7 Å². The van der Waals surface area contributed by atoms with E-state index < -0.39 is 5.60 Å². The zero-order valence-electron chi connectivity index (χ0n) is 12.1. The molecule has 1 heterocycles. The Kier molecular flexibility index (Phi) is 2.94. The monoisotopic (exact) mass is 272 g/mol. The molecular formula is C18H24O2. The molecule has 0 bridgehead atoms. The van der Waals surface area contributed by atoms with Gasteiger partial charge in [0.2, 0.25) is 0 Å². The Balaban J connectivity index is 1.56. The van der Waals surface area contributed by atoms with Crippen LogP contribution in [0.1, 0.15) is 49.7 Å². The molecule has 1 spiro atoms. The third-order valence-corrected chi connectivity index (χ3v) is 5.88. The lowest BCUT2D eigenvalue weighted by Gasteiger charge is -2.44. The van der Waals surface area contributed by atoms with Crippen LogP contribution in [0, 0.1) is 5.92 Å². The van der Waals surface area contributed by atoms with E-state index in [4.69, 9.17) is 4.74 Å². The first kappa shape index (κ1) is 12.8. The first-order valence-electron chi connectivity index (χ1n) is 8.12. The normalized spacial score (nSPS) is 30.6. The van der Waals surface area contributed by atoms with Crippen LogP contribution in [0.2, 0.25) is 0 Å². The van der Waals surface area contributed by atoms with E-state index in [1.165, 1.54) is 36.8 Å². The van der Waals surface area contributed by atoms with Gasteiger partial charge in [-0.2, -0.15) is 0 Å². The summed E-state index contributed by atoms with van der Waals surface area (Å²) in [6.07, 6.45) is 8.76. The second kappa shape index (κ2) is 4.57. The van der Waals surface area contributed by atoms with Crippen molar-refractivity contribution in [2.24, 2.45) is 5.92 Å². The van der Waals surface area contributed by atoms with Gasteiger partial charge in [0.1, 0.15) is 0 Å². The predicted octanol–water partition coefficient (Wildman–Crippen LogP) is 3.26. The summed E-state index contributed by atoms with van der Waals surface area (Å²) in [7, 11) is 0. The summed E-state index contributed by atoms with van der Waals surface area (Å²) < 4.78 is 6.13. The van der Waals surface area contributed by atoms with E-state index in [9.17, 15) is 5.11 Å². The molecule has 1 aromatic rings. The number of hydrogen-bond donors (Lipinski definition) is 1. The van der Waals surface area contributed by atoms with Gasteiger partial charge in [0.15, 0.2) is 0 Å². The van der Waals surface area contributed by atoms with Gasteiger partial charge in [-0.15, -0.1) is 0 Å². The largest absolute Gasteiger partial charge is 0.389 e. The number of aliphatic hydroxyl groups is 1. The number of fused-ring (bicyclic) bond motifs is 1. The first-order chi connectivity index (χ1) is 9.69. The Morgan fingerprint density at radius 2 is 1.70 bits per heavy atom. The minimum Gasteiger partial charge on any atom is -0.389 e. The Labute approximate surface area is 121 Å². The second-order valence-corrected chi connectivity index (χ2v) is 7.15. The summed E-state index contributed by atoms with van der Waals surface area (Å²) in [5, 5.41) is 11.2. The Morgan fingerprint density at radius 1 is 1.05 bits per heavy atom. The molecule has 2 aliphatic carbocycles. The van der Waals surface area contributed by atoms with Crippen molar-refractivity contribution < 1.29 is 9.84 Å². The Morgan fingerprint density at radius 3 is 2.35 bits per heavy atom. The highest BCUT2D eigenvalue weighted by Gasteiger charge is 2.49. The van der Waals surface area contributed by atoms with Crippen LogP contribution in [0.15, 0.2) is 24.3 Å². The summed E-state index contributed by atoms with van der Waals surface area (Å²) in [4.78, 5) is 0. The van der Waals surface area contributed by atoms with Crippen molar-refractivity contribution in [1.82, 2.24) is 0 Å². The fourth-order valence-corrected chi connectivity index (χ4v) is 4.77. The maximum Gasteiger partial charge on any atom is 0.0758 e. The van der Waals surface area contributed by atoms with Gasteiger partial charge in [-0.25, -0.2) is 0 Å². The molecule has 3 aliphatic rings. The smallest absolute Gasteiger partial charge is 0.0758 e. The van der Waals surface area contributed by atoms with Crippen molar-refractivity contribution >= 4 is 0 Å². The Hall–Kier alpha value is -0.860. The van der Waals surface area contributed by atoms with Crippen LogP contribution in [0.4, 0.5) is 0 Å². The molecule has 2 heteroatoms. The van der Waals surface area contributed by atoms with Crippen molar-refractivity contribution in [3.8, 4) is 0 Å². The van der Waals surface area contributed by atoms with Crippen LogP contribution in [-0.4, -0.2) is 22.9 Å². The van der Waals surface area contributed by atoms with Crippen molar-refractivity contribution in [3.63, 3.8) is 0 Å². The zero-order valence-corrected chi connectivity index (χ0v) is 12.1. The van der Waals surface area contributed by atoms with Crippen LogP contribution < -0.4 is 0 Å². The molecule has 20 heavy (non-hydrogen) atoms. The lowest BCUT2D eigenvalue weighted by atomic mass is 9.73. The summed E-state index contributed by atoms with van der Waals surface area (Å²) in [6, 6.07) is 8.54. The topological polar surface area (TPSA) is 29.5 Å². The van der Waals surface area contributed by atoms with E-state index >= 15 is 0 Å². The van der Waals surface area contributed by atoms with Crippen LogP contribution in [0.25, 0.3) is 0 Å². The summed E-state index contributed by atoms with van der Waals surface area (Å²) in [6.45, 7) is 0.837. The highest BCUT2D eigenvalue weighted by molar-refractivity contribution is 5.35. The molecule has 0 amide bonds. The molecule has 1 N–H and O–H groups in total. The number of benzene rings is 1. The fourth-order valence-electron chi connectivity index (χ4n) is 4.77. The highest BCUT2D eigenvalue weighted by atomic mass is 16.5. The molecule has 1 aliphatic heterocycles. The number of ether oxygens (including phenoxy) is 1. The summed E-state index contributed by atoms with van der Waals surface area (Å²) in [5.74, 6) is 0.404. The first-order valence-corrected chi connectivity index (χ1v) is 8.12. The molecule has 1 unspecified atom stereocenters. The van der Waals surface area contributed by atoms with Crippen molar-refractivity contribution in [1.29, 1.82) is 0 Å². The molecule has 1 saturated carbocycles. The molecule has 1 saturated heterocycles. The van der Waals surface area contributed by atoms with Gasteiger partial charge in [0, 0.05) is 19.4 Å². The maximum atomic E-state index is 11.2. The lowest BCUT2D eigenvalue weighted by molar-refractivity contribution is -0.137. The van der Waals surface area contributed by atoms with E-state index in [0.29, 0.717) is 5.92 Å². The molecule has 0 radical (unpaired) electrons. The van der Waals surface area contributed by atoms with Crippen molar-refractivity contribution in [2.75, 3.05) is 6.61 Å². The zero-order chi connectivity index (χ0) is 13.6. The van der Waals surface area contributed by atoms with Gasteiger partial charge >= 0.3 is 0 Å². The summed E-state index contributed by atoms with van der Waals surface area (Å²) >= 11 is 0. The van der Waals surface area contributed by atoms with E-state index in [2.05, 4.69) is 24.3 Å². The molecular weight excluding hydrogens is 248 g/mol. The number of rotatable bonds is 1. The average Bonchev–Trinajstić information content (AvgIpc) is 3.03. The van der Waals surface area contributed by atoms with E-state index in [0.717, 1.165) is 32.3 Å². The second-order valence-electron chi connectivity index (χ2n) is 7.15. The van der Waals surface area contributed by atoms with Crippen LogP contribution in [0.5, 0.6) is 0 Å².